The first-order valence-electron chi connectivity index (χ1n) is 10.7. The first-order chi connectivity index (χ1) is 12.5. The average molecular weight is 385 g/mol. The molecular weight excluding hydrogens is 348 g/mol. The van der Waals surface area contributed by atoms with Gasteiger partial charge in [0.2, 0.25) is 8.32 Å². The Hall–Kier alpha value is -1.06. The lowest BCUT2D eigenvalue weighted by atomic mass is 9.55. The summed E-state index contributed by atoms with van der Waals surface area (Å²) in [6.45, 7) is 13.8. The number of benzene rings is 1. The van der Waals surface area contributed by atoms with Crippen molar-refractivity contribution < 1.29 is 9.53 Å². The second kappa shape index (κ2) is 6.22. The van der Waals surface area contributed by atoms with Crippen LogP contribution in [0.4, 0.5) is 0 Å². The molecule has 0 amide bonds. The van der Waals surface area contributed by atoms with Crippen molar-refractivity contribution in [2.45, 2.75) is 83.5 Å². The van der Waals surface area contributed by atoms with Crippen LogP contribution in [0.1, 0.15) is 64.0 Å². The second-order valence-electron chi connectivity index (χ2n) is 10.9. The van der Waals surface area contributed by atoms with Crippen molar-refractivity contribution in [2.75, 3.05) is 0 Å². The molecule has 3 heteroatoms. The molecule has 1 saturated carbocycles. The van der Waals surface area contributed by atoms with E-state index in [-0.39, 0.29) is 16.6 Å². The van der Waals surface area contributed by atoms with Crippen molar-refractivity contribution in [3.8, 4) is 5.75 Å². The maximum Gasteiger partial charge on any atom is 0.250 e. The minimum absolute atomic E-state index is 0.0596. The van der Waals surface area contributed by atoms with Gasteiger partial charge < -0.3 is 9.53 Å². The molecular formula is C24H36O2Si. The number of hydrogen-bond acceptors (Lipinski definition) is 2. The third kappa shape index (κ3) is 3.02. The van der Waals surface area contributed by atoms with E-state index in [9.17, 15) is 5.11 Å². The first kappa shape index (κ1) is 19.3. The molecule has 1 aromatic carbocycles. The first-order valence-corrected chi connectivity index (χ1v) is 13.6. The molecule has 1 aromatic rings. The Morgan fingerprint density at radius 3 is 2.59 bits per heavy atom. The molecule has 5 atom stereocenters. The fourth-order valence-corrected chi connectivity index (χ4v) is 6.52. The number of hydrogen-bond donors (Lipinski definition) is 1. The van der Waals surface area contributed by atoms with Gasteiger partial charge in [-0.2, -0.15) is 0 Å². The maximum atomic E-state index is 10.5. The topological polar surface area (TPSA) is 29.5 Å². The predicted molar refractivity (Wildman–Crippen MR) is 115 cm³/mol. The molecule has 3 aliphatic rings. The van der Waals surface area contributed by atoms with Crippen molar-refractivity contribution in [1.29, 1.82) is 0 Å². The molecule has 0 aromatic heterocycles. The molecule has 0 bridgehead atoms. The van der Waals surface area contributed by atoms with E-state index in [0.29, 0.717) is 17.8 Å². The zero-order valence-electron chi connectivity index (χ0n) is 17.9. The van der Waals surface area contributed by atoms with Gasteiger partial charge in [0, 0.05) is 5.41 Å². The number of fused-ring (bicyclic) bond motifs is 5. The van der Waals surface area contributed by atoms with E-state index in [4.69, 9.17) is 4.43 Å². The lowest BCUT2D eigenvalue weighted by Crippen LogP contribution is -2.44. The summed E-state index contributed by atoms with van der Waals surface area (Å²) in [7, 11) is -1.80. The Morgan fingerprint density at radius 1 is 1.15 bits per heavy atom. The van der Waals surface area contributed by atoms with Crippen molar-refractivity contribution in [2.24, 2.45) is 17.3 Å². The highest BCUT2D eigenvalue weighted by atomic mass is 28.4. The molecule has 1 fully saturated rings. The van der Waals surface area contributed by atoms with Crippen LogP contribution in [0, 0.1) is 17.3 Å². The fraction of sp³-hybridized carbons (Fsp3) is 0.667. The molecule has 2 nitrogen and oxygen atoms in total. The summed E-state index contributed by atoms with van der Waals surface area (Å²) in [6.07, 6.45) is 8.81. The quantitative estimate of drug-likeness (QED) is 0.496. The third-order valence-corrected chi connectivity index (χ3v) is 12.7. The Bertz CT molecular complexity index is 760. The Morgan fingerprint density at radius 2 is 1.89 bits per heavy atom. The number of aliphatic hydroxyl groups is 1. The molecule has 3 aliphatic carbocycles. The SMILES string of the molecule is CC(C)(C)[Si](C)(C)Oc1ccc2c(c1)CC[C@@H]1[C@@H]2CC[C@]2(C)[C@@H](O)C=C[C@@H]12. The van der Waals surface area contributed by atoms with Gasteiger partial charge >= 0.3 is 0 Å². The average Bonchev–Trinajstić information content (AvgIpc) is 2.88. The summed E-state index contributed by atoms with van der Waals surface area (Å²) >= 11 is 0. The minimum atomic E-state index is -1.80. The van der Waals surface area contributed by atoms with Gasteiger partial charge in [-0.05, 0) is 84.8 Å². The molecule has 0 saturated heterocycles. The molecule has 0 heterocycles. The van der Waals surface area contributed by atoms with Gasteiger partial charge in [0.15, 0.2) is 0 Å². The lowest BCUT2D eigenvalue weighted by molar-refractivity contribution is -0.0101. The van der Waals surface area contributed by atoms with Crippen LogP contribution in [0.5, 0.6) is 5.75 Å². The third-order valence-electron chi connectivity index (χ3n) is 8.35. The zero-order chi connectivity index (χ0) is 19.6. The summed E-state index contributed by atoms with van der Waals surface area (Å²) in [6, 6.07) is 6.90. The van der Waals surface area contributed by atoms with Crippen LogP contribution in [0.25, 0.3) is 0 Å². The maximum absolute atomic E-state index is 10.5. The normalized spacial score (nSPS) is 35.4. The van der Waals surface area contributed by atoms with Crippen LogP contribution in [-0.2, 0) is 6.42 Å². The van der Waals surface area contributed by atoms with Crippen LogP contribution < -0.4 is 4.43 Å². The van der Waals surface area contributed by atoms with Crippen LogP contribution in [0.2, 0.25) is 18.1 Å². The summed E-state index contributed by atoms with van der Waals surface area (Å²) in [4.78, 5) is 0. The summed E-state index contributed by atoms with van der Waals surface area (Å²) in [5.74, 6) is 2.92. The monoisotopic (exact) mass is 384 g/mol. The highest BCUT2D eigenvalue weighted by molar-refractivity contribution is 6.74. The lowest BCUT2D eigenvalue weighted by Gasteiger charge is -2.50. The van der Waals surface area contributed by atoms with Gasteiger partial charge in [0.1, 0.15) is 5.75 Å². The van der Waals surface area contributed by atoms with E-state index in [2.05, 4.69) is 71.1 Å². The van der Waals surface area contributed by atoms with Crippen molar-refractivity contribution in [3.63, 3.8) is 0 Å². The number of allylic oxidation sites excluding steroid dienone is 1. The van der Waals surface area contributed by atoms with E-state index in [1.807, 2.05) is 0 Å². The Balaban J connectivity index is 1.59. The number of aryl methyl sites for hydroxylation is 1. The van der Waals surface area contributed by atoms with Crippen LogP contribution in [0.3, 0.4) is 0 Å². The van der Waals surface area contributed by atoms with Crippen LogP contribution in [0.15, 0.2) is 30.4 Å². The highest BCUT2D eigenvalue weighted by Gasteiger charge is 2.52. The van der Waals surface area contributed by atoms with Crippen LogP contribution >= 0.6 is 0 Å². The van der Waals surface area contributed by atoms with Crippen LogP contribution in [-0.4, -0.2) is 19.5 Å². The second-order valence-corrected chi connectivity index (χ2v) is 15.7. The van der Waals surface area contributed by atoms with E-state index in [1.165, 1.54) is 18.4 Å². The van der Waals surface area contributed by atoms with E-state index < -0.39 is 8.32 Å². The molecule has 0 aliphatic heterocycles. The van der Waals surface area contributed by atoms with Gasteiger partial charge in [0.05, 0.1) is 6.10 Å². The van der Waals surface area contributed by atoms with Gasteiger partial charge in [-0.25, -0.2) is 0 Å². The van der Waals surface area contributed by atoms with Gasteiger partial charge in [-0.1, -0.05) is 45.9 Å². The summed E-state index contributed by atoms with van der Waals surface area (Å²) in [5.41, 5.74) is 3.11. The summed E-state index contributed by atoms with van der Waals surface area (Å²) < 4.78 is 6.56. The molecule has 27 heavy (non-hydrogen) atoms. The predicted octanol–water partition coefficient (Wildman–Crippen LogP) is 6.06. The van der Waals surface area contributed by atoms with Crippen molar-refractivity contribution >= 4 is 8.32 Å². The van der Waals surface area contributed by atoms with Gasteiger partial charge in [-0.3, -0.25) is 0 Å². The smallest absolute Gasteiger partial charge is 0.250 e. The van der Waals surface area contributed by atoms with Gasteiger partial charge in [-0.15, -0.1) is 0 Å². The minimum Gasteiger partial charge on any atom is -0.543 e. The number of aliphatic hydroxyl groups excluding tert-OH is 1. The Labute approximate surface area is 166 Å². The standard InChI is InChI=1S/C24H36O2Si/c1-23(2,3)27(5,6)26-17-8-10-18-16(15-17)7-9-20-19(18)13-14-24(4)21(20)11-12-22(24)25/h8,10-12,15,19-22,25H,7,9,13-14H2,1-6H3/t19-,20-,21+,22+,24+/m1/s1. The van der Waals surface area contributed by atoms with Crippen molar-refractivity contribution in [3.05, 3.63) is 41.5 Å². The largest absolute Gasteiger partial charge is 0.543 e. The summed E-state index contributed by atoms with van der Waals surface area (Å²) in [5, 5.41) is 10.7. The van der Waals surface area contributed by atoms with E-state index in [0.717, 1.165) is 18.6 Å². The molecule has 0 unspecified atom stereocenters. The Kier molecular flexibility index (Phi) is 4.44. The fourth-order valence-electron chi connectivity index (χ4n) is 5.50. The molecule has 4 rings (SSSR count). The van der Waals surface area contributed by atoms with E-state index >= 15 is 0 Å². The molecule has 0 radical (unpaired) electrons. The van der Waals surface area contributed by atoms with Gasteiger partial charge in [0.25, 0.3) is 0 Å². The molecule has 1 N–H and O–H groups in total. The van der Waals surface area contributed by atoms with Crippen molar-refractivity contribution in [1.82, 2.24) is 0 Å². The zero-order valence-corrected chi connectivity index (χ0v) is 18.9. The highest BCUT2D eigenvalue weighted by Crippen LogP contribution is 2.58. The number of rotatable bonds is 2. The van der Waals surface area contributed by atoms with E-state index in [1.54, 1.807) is 5.56 Å². The molecule has 0 spiro atoms. The molecule has 148 valence electrons.